The van der Waals surface area contributed by atoms with Gasteiger partial charge < -0.3 is 9.47 Å². The third kappa shape index (κ3) is 9.27. The van der Waals surface area contributed by atoms with Crippen molar-refractivity contribution in [2.45, 2.75) is 157 Å². The molecule has 2 nitrogen and oxygen atoms in total. The maximum Gasteiger partial charge on any atom is 0.0541 e. The van der Waals surface area contributed by atoms with E-state index in [2.05, 4.69) is 304 Å². The fourth-order valence-corrected chi connectivity index (χ4v) is 11.9. The Labute approximate surface area is 466 Å². The van der Waals surface area contributed by atoms with Gasteiger partial charge in [-0.3, -0.25) is 0 Å². The van der Waals surface area contributed by atoms with Crippen molar-refractivity contribution in [3.8, 4) is 27.9 Å². The third-order valence-electron chi connectivity index (χ3n) is 16.9. The molecule has 0 N–H and O–H groups in total. The van der Waals surface area contributed by atoms with Gasteiger partial charge in [0.05, 0.1) is 28.1 Å². The molecule has 1 heterocycles. The van der Waals surface area contributed by atoms with Gasteiger partial charge in [-0.15, -0.1) is 0 Å². The molecule has 0 aliphatic rings. The van der Waals surface area contributed by atoms with E-state index in [0.717, 1.165) is 17.1 Å². The largest absolute Gasteiger partial charge is 0.309 e. The lowest BCUT2D eigenvalue weighted by Crippen LogP contribution is -2.17. The second-order valence-corrected chi connectivity index (χ2v) is 28.9. The number of para-hydroxylation sites is 1. The molecule has 1 aromatic heterocycles. The molecule has 11 rings (SSSR count). The number of anilines is 3. The number of rotatable bonds is 6. The maximum absolute atomic E-state index is 2.56. The van der Waals surface area contributed by atoms with Crippen LogP contribution in [0.1, 0.15) is 158 Å². The summed E-state index contributed by atoms with van der Waals surface area (Å²) in [4.78, 5) is 2.56. The van der Waals surface area contributed by atoms with E-state index in [1.807, 2.05) is 0 Å². The van der Waals surface area contributed by atoms with Crippen molar-refractivity contribution < 1.29 is 0 Å². The van der Waals surface area contributed by atoms with Crippen LogP contribution in [0.25, 0.3) is 82.1 Å². The Balaban J connectivity index is 1.20. The smallest absolute Gasteiger partial charge is 0.0541 e. The van der Waals surface area contributed by atoms with Crippen LogP contribution >= 0.6 is 0 Å². The highest BCUT2D eigenvalue weighted by Gasteiger charge is 2.29. The molecule has 0 radical (unpaired) electrons. The van der Waals surface area contributed by atoms with Crippen molar-refractivity contribution in [3.05, 3.63) is 203 Å². The second kappa shape index (κ2) is 18.2. The fourth-order valence-electron chi connectivity index (χ4n) is 11.9. The molecule has 78 heavy (non-hydrogen) atoms. The van der Waals surface area contributed by atoms with Gasteiger partial charge in [-0.1, -0.05) is 228 Å². The van der Waals surface area contributed by atoms with Crippen LogP contribution in [-0.4, -0.2) is 4.57 Å². The summed E-state index contributed by atoms with van der Waals surface area (Å²) < 4.78 is 2.54. The molecule has 0 aliphatic heterocycles. The molecule has 0 spiro atoms. The van der Waals surface area contributed by atoms with E-state index >= 15 is 0 Å². The number of benzene rings is 10. The van der Waals surface area contributed by atoms with Crippen LogP contribution in [0, 0.1) is 0 Å². The monoisotopic (exact) mass is 1020 g/mol. The molecule has 0 saturated heterocycles. The summed E-state index contributed by atoms with van der Waals surface area (Å²) in [5.41, 5.74) is 19.9. The zero-order valence-electron chi connectivity index (χ0n) is 50.1. The summed E-state index contributed by atoms with van der Waals surface area (Å²) in [6, 6.07) is 66.4. The third-order valence-corrected chi connectivity index (χ3v) is 16.9. The average Bonchev–Trinajstić information content (AvgIpc) is 3.66. The SMILES string of the molecule is CC(C)(C)c1cc(-c2ccc(C(C)(C)C)cc2-c2cc(C(C)(C)C)ccc2N(c2ccccc2)c2ccc3ccc4c(-n5c6ccc(C(C)(C)C)cc6c6cc(C(C)(C)C)ccc65)ccc5ccc2c3c54)cc(C(C)(C)C)c1. The van der Waals surface area contributed by atoms with E-state index in [1.54, 1.807) is 0 Å². The normalized spacial score (nSPS) is 13.3. The molecule has 0 aliphatic carbocycles. The Morgan fingerprint density at radius 3 is 1.24 bits per heavy atom. The first kappa shape index (κ1) is 52.9. The predicted molar refractivity (Wildman–Crippen MR) is 342 cm³/mol. The Hall–Kier alpha value is -7.16. The van der Waals surface area contributed by atoms with Gasteiger partial charge in [0.2, 0.25) is 0 Å². The van der Waals surface area contributed by atoms with Crippen LogP contribution in [-0.2, 0) is 32.5 Å². The van der Waals surface area contributed by atoms with E-state index in [-0.39, 0.29) is 32.5 Å². The lowest BCUT2D eigenvalue weighted by Gasteiger charge is -2.32. The van der Waals surface area contributed by atoms with Crippen LogP contribution in [0.2, 0.25) is 0 Å². The van der Waals surface area contributed by atoms with Crippen LogP contribution < -0.4 is 4.90 Å². The van der Waals surface area contributed by atoms with Crippen molar-refractivity contribution in [1.29, 1.82) is 0 Å². The molecular weight excluding hydrogens is 941 g/mol. The van der Waals surface area contributed by atoms with Crippen LogP contribution in [0.5, 0.6) is 0 Å². The minimum Gasteiger partial charge on any atom is -0.309 e. The van der Waals surface area contributed by atoms with Crippen molar-refractivity contribution >= 4 is 71.2 Å². The van der Waals surface area contributed by atoms with Gasteiger partial charge in [-0.2, -0.15) is 0 Å². The molecule has 11 aromatic rings. The summed E-state index contributed by atoms with van der Waals surface area (Å²) in [6.07, 6.45) is 0. The summed E-state index contributed by atoms with van der Waals surface area (Å²) in [6.45, 7) is 42.0. The molecule has 0 atom stereocenters. The highest BCUT2D eigenvalue weighted by molar-refractivity contribution is 6.27. The zero-order chi connectivity index (χ0) is 55.8. The second-order valence-electron chi connectivity index (χ2n) is 28.9. The van der Waals surface area contributed by atoms with Gasteiger partial charge in [0.15, 0.2) is 0 Å². The van der Waals surface area contributed by atoms with Crippen LogP contribution in [0.15, 0.2) is 170 Å². The van der Waals surface area contributed by atoms with Crippen molar-refractivity contribution in [3.63, 3.8) is 0 Å². The number of hydrogen-bond donors (Lipinski definition) is 0. The highest BCUT2D eigenvalue weighted by atomic mass is 15.1. The Morgan fingerprint density at radius 1 is 0.295 bits per heavy atom. The van der Waals surface area contributed by atoms with E-state index in [1.165, 1.54) is 115 Å². The van der Waals surface area contributed by atoms with Crippen LogP contribution in [0.3, 0.4) is 0 Å². The minimum atomic E-state index is -0.0942. The molecule has 0 bridgehead atoms. The Bertz CT molecular complexity index is 4010. The average molecular weight is 1020 g/mol. The minimum absolute atomic E-state index is 0.0188. The molecule has 0 unspecified atom stereocenters. The number of aromatic nitrogens is 1. The molecule has 10 aromatic carbocycles. The van der Waals surface area contributed by atoms with Crippen molar-refractivity contribution in [2.24, 2.45) is 0 Å². The molecule has 2 heteroatoms. The highest BCUT2D eigenvalue weighted by Crippen LogP contribution is 2.51. The number of nitrogens with zero attached hydrogens (tertiary/aromatic N) is 2. The summed E-state index contributed by atoms with van der Waals surface area (Å²) in [5, 5.41) is 10.1. The van der Waals surface area contributed by atoms with E-state index in [4.69, 9.17) is 0 Å². The fraction of sp³-hybridized carbons (Fsp3) is 0.316. The van der Waals surface area contributed by atoms with E-state index in [0.29, 0.717) is 0 Å². The zero-order valence-corrected chi connectivity index (χ0v) is 50.1. The van der Waals surface area contributed by atoms with Gasteiger partial charge in [-0.05, 0) is 171 Å². The van der Waals surface area contributed by atoms with E-state index in [9.17, 15) is 0 Å². The molecule has 0 amide bonds. The lowest BCUT2D eigenvalue weighted by molar-refractivity contribution is 0.569. The molecular formula is C76H82N2. The first-order valence-corrected chi connectivity index (χ1v) is 28.6. The molecule has 0 fully saturated rings. The quantitative estimate of drug-likeness (QED) is 0.151. The molecule has 396 valence electrons. The first-order chi connectivity index (χ1) is 36.5. The van der Waals surface area contributed by atoms with E-state index < -0.39 is 0 Å². The predicted octanol–water partition coefficient (Wildman–Crippen LogP) is 22.3. The topological polar surface area (TPSA) is 8.17 Å². The van der Waals surface area contributed by atoms with Gasteiger partial charge in [-0.25, -0.2) is 0 Å². The lowest BCUT2D eigenvalue weighted by atomic mass is 9.77. The molecule has 0 saturated carbocycles. The van der Waals surface area contributed by atoms with Crippen molar-refractivity contribution in [1.82, 2.24) is 4.57 Å². The van der Waals surface area contributed by atoms with Gasteiger partial charge in [0, 0.05) is 32.8 Å². The van der Waals surface area contributed by atoms with Gasteiger partial charge in [0.1, 0.15) is 0 Å². The van der Waals surface area contributed by atoms with Gasteiger partial charge >= 0.3 is 0 Å². The first-order valence-electron chi connectivity index (χ1n) is 28.6. The maximum atomic E-state index is 2.56. The van der Waals surface area contributed by atoms with Crippen LogP contribution in [0.4, 0.5) is 17.1 Å². The summed E-state index contributed by atoms with van der Waals surface area (Å²) in [7, 11) is 0. The standard InChI is InChI=1S/C76H82N2/c1-71(2,3)50-28-34-57(49-40-54(75(13,14)15)42-55(41-49)76(16,17)18)60(43-50)61-44-51(72(4,5)6)29-37-66(61)77(56-22-20-19-21-23-56)64-35-26-47-25-33-59-65(36-27-48-24-32-58(64)69(47)70(48)59)78-67-38-30-52(73(7,8)9)45-62(67)63-46-53(74(10,11)12)31-39-68(63)78/h19-46H,1-18H3. The Morgan fingerprint density at radius 2 is 0.718 bits per heavy atom. The van der Waals surface area contributed by atoms with Crippen molar-refractivity contribution in [2.75, 3.05) is 4.90 Å². The number of hydrogen-bond acceptors (Lipinski definition) is 1. The Kier molecular flexibility index (Phi) is 12.3. The summed E-state index contributed by atoms with van der Waals surface area (Å²) in [5.74, 6) is 0. The number of fused-ring (bicyclic) bond motifs is 3. The van der Waals surface area contributed by atoms with Gasteiger partial charge in [0.25, 0.3) is 0 Å². The summed E-state index contributed by atoms with van der Waals surface area (Å²) >= 11 is 0.